The van der Waals surface area contributed by atoms with Crippen LogP contribution in [0.5, 0.6) is 5.75 Å². The van der Waals surface area contributed by atoms with Gasteiger partial charge in [0.25, 0.3) is 5.89 Å². The monoisotopic (exact) mass is 392 g/mol. The van der Waals surface area contributed by atoms with Crippen molar-refractivity contribution in [2.75, 3.05) is 0 Å². The molecule has 2 aromatic carbocycles. The lowest BCUT2D eigenvalue weighted by atomic mass is 10.1. The van der Waals surface area contributed by atoms with Gasteiger partial charge >= 0.3 is 11.1 Å². The standard InChI is InChI=1S/C21H20N4O4/c1-12(2)25-17-10-9-14(11-16(17)22-19(26)21(25)27)18-23-20(29-24-18)13(3)28-15-7-5-4-6-8-15/h4-13H,1-3H3,(H,22,26). The van der Waals surface area contributed by atoms with Crippen LogP contribution in [0.25, 0.3) is 22.4 Å². The number of benzene rings is 2. The van der Waals surface area contributed by atoms with Gasteiger partial charge in [0.05, 0.1) is 11.0 Å². The average molecular weight is 392 g/mol. The Labute approximate surface area is 165 Å². The summed E-state index contributed by atoms with van der Waals surface area (Å²) in [5.41, 5.74) is 0.582. The van der Waals surface area contributed by atoms with E-state index in [1.807, 2.05) is 51.1 Å². The van der Waals surface area contributed by atoms with Gasteiger partial charge in [-0.2, -0.15) is 4.98 Å². The number of aromatic nitrogens is 4. The summed E-state index contributed by atoms with van der Waals surface area (Å²) in [5.74, 6) is 1.41. The summed E-state index contributed by atoms with van der Waals surface area (Å²) >= 11 is 0. The molecule has 1 N–H and O–H groups in total. The molecule has 0 fully saturated rings. The predicted molar refractivity (Wildman–Crippen MR) is 108 cm³/mol. The largest absolute Gasteiger partial charge is 0.481 e. The third-order valence-corrected chi connectivity index (χ3v) is 4.54. The molecule has 0 saturated heterocycles. The van der Waals surface area contributed by atoms with Gasteiger partial charge in [0, 0.05) is 11.6 Å². The van der Waals surface area contributed by atoms with E-state index >= 15 is 0 Å². The summed E-state index contributed by atoms with van der Waals surface area (Å²) in [6.45, 7) is 5.53. The molecule has 0 radical (unpaired) electrons. The Balaban J connectivity index is 1.68. The highest BCUT2D eigenvalue weighted by Crippen LogP contribution is 2.25. The second-order valence-electron chi connectivity index (χ2n) is 6.98. The smallest absolute Gasteiger partial charge is 0.316 e. The number of nitrogens with zero attached hydrogens (tertiary/aromatic N) is 3. The minimum absolute atomic E-state index is 0.147. The molecule has 0 amide bonds. The van der Waals surface area contributed by atoms with E-state index in [-0.39, 0.29) is 6.04 Å². The van der Waals surface area contributed by atoms with Crippen molar-refractivity contribution >= 4 is 11.0 Å². The highest BCUT2D eigenvalue weighted by atomic mass is 16.5. The van der Waals surface area contributed by atoms with E-state index < -0.39 is 17.2 Å². The number of ether oxygens (including phenoxy) is 1. The van der Waals surface area contributed by atoms with Crippen molar-refractivity contribution in [2.24, 2.45) is 0 Å². The first-order valence-corrected chi connectivity index (χ1v) is 9.28. The van der Waals surface area contributed by atoms with E-state index in [1.54, 1.807) is 18.2 Å². The Kier molecular flexibility index (Phi) is 4.75. The highest BCUT2D eigenvalue weighted by Gasteiger charge is 2.18. The first-order chi connectivity index (χ1) is 13.9. The summed E-state index contributed by atoms with van der Waals surface area (Å²) < 4.78 is 12.6. The molecule has 0 aliphatic carbocycles. The zero-order valence-corrected chi connectivity index (χ0v) is 16.2. The lowest BCUT2D eigenvalue weighted by Gasteiger charge is -2.13. The van der Waals surface area contributed by atoms with Crippen molar-refractivity contribution in [2.45, 2.75) is 32.9 Å². The number of hydrogen-bond acceptors (Lipinski definition) is 6. The summed E-state index contributed by atoms with van der Waals surface area (Å²) in [4.78, 5) is 31.2. The third kappa shape index (κ3) is 3.56. The van der Waals surface area contributed by atoms with Crippen LogP contribution in [0, 0.1) is 0 Å². The molecule has 0 aliphatic heterocycles. The van der Waals surface area contributed by atoms with E-state index in [2.05, 4.69) is 15.1 Å². The lowest BCUT2D eigenvalue weighted by molar-refractivity contribution is 0.176. The minimum Gasteiger partial charge on any atom is -0.481 e. The molecule has 29 heavy (non-hydrogen) atoms. The third-order valence-electron chi connectivity index (χ3n) is 4.54. The van der Waals surface area contributed by atoms with Gasteiger partial charge in [0.1, 0.15) is 5.75 Å². The van der Waals surface area contributed by atoms with Crippen LogP contribution in [-0.2, 0) is 0 Å². The molecular weight excluding hydrogens is 372 g/mol. The Bertz CT molecular complexity index is 1270. The molecule has 148 valence electrons. The fourth-order valence-electron chi connectivity index (χ4n) is 3.16. The fourth-order valence-corrected chi connectivity index (χ4v) is 3.16. The SMILES string of the molecule is CC(Oc1ccccc1)c1nc(-c2ccc3c(c2)[nH]c(=O)c(=O)n3C(C)C)no1. The molecule has 1 unspecified atom stereocenters. The van der Waals surface area contributed by atoms with Gasteiger partial charge in [0.2, 0.25) is 5.82 Å². The van der Waals surface area contributed by atoms with E-state index in [0.717, 1.165) is 0 Å². The molecule has 2 heterocycles. The van der Waals surface area contributed by atoms with Crippen LogP contribution in [0.2, 0.25) is 0 Å². The molecule has 4 rings (SSSR count). The van der Waals surface area contributed by atoms with Crippen molar-refractivity contribution in [3.05, 3.63) is 75.1 Å². The Morgan fingerprint density at radius 2 is 1.83 bits per heavy atom. The predicted octanol–water partition coefficient (Wildman–Crippen LogP) is 3.46. The molecule has 8 nitrogen and oxygen atoms in total. The van der Waals surface area contributed by atoms with Gasteiger partial charge in [-0.25, -0.2) is 0 Å². The van der Waals surface area contributed by atoms with Crippen LogP contribution in [-0.4, -0.2) is 19.7 Å². The van der Waals surface area contributed by atoms with Crippen molar-refractivity contribution in [3.63, 3.8) is 0 Å². The van der Waals surface area contributed by atoms with Gasteiger partial charge in [-0.05, 0) is 51.1 Å². The van der Waals surface area contributed by atoms with Gasteiger partial charge < -0.3 is 14.2 Å². The maximum absolute atomic E-state index is 12.2. The normalized spacial score (nSPS) is 12.4. The number of H-pyrrole nitrogens is 1. The summed E-state index contributed by atoms with van der Waals surface area (Å²) in [7, 11) is 0. The van der Waals surface area contributed by atoms with Crippen LogP contribution >= 0.6 is 0 Å². The number of fused-ring (bicyclic) bond motifs is 1. The fraction of sp³-hybridized carbons (Fsp3) is 0.238. The van der Waals surface area contributed by atoms with E-state index in [0.29, 0.717) is 34.1 Å². The maximum Gasteiger partial charge on any atom is 0.316 e. The number of aromatic amines is 1. The summed E-state index contributed by atoms with van der Waals surface area (Å²) in [6.07, 6.45) is -0.426. The van der Waals surface area contributed by atoms with Crippen LogP contribution < -0.4 is 15.9 Å². The summed E-state index contributed by atoms with van der Waals surface area (Å²) in [5, 5.41) is 4.03. The average Bonchev–Trinajstić information content (AvgIpc) is 3.19. The van der Waals surface area contributed by atoms with Crippen LogP contribution in [0.3, 0.4) is 0 Å². The van der Waals surface area contributed by atoms with Crippen molar-refractivity contribution < 1.29 is 9.26 Å². The van der Waals surface area contributed by atoms with E-state index in [4.69, 9.17) is 9.26 Å². The first kappa shape index (κ1) is 18.7. The van der Waals surface area contributed by atoms with Gasteiger partial charge in [-0.1, -0.05) is 23.4 Å². The van der Waals surface area contributed by atoms with Gasteiger partial charge in [-0.15, -0.1) is 0 Å². The van der Waals surface area contributed by atoms with Crippen LogP contribution in [0.4, 0.5) is 0 Å². The topological polar surface area (TPSA) is 103 Å². The van der Waals surface area contributed by atoms with Crippen molar-refractivity contribution in [3.8, 4) is 17.1 Å². The number of para-hydroxylation sites is 1. The minimum atomic E-state index is -0.665. The Hall–Kier alpha value is -3.68. The zero-order chi connectivity index (χ0) is 20.5. The molecule has 0 aliphatic rings. The number of rotatable bonds is 5. The van der Waals surface area contributed by atoms with Crippen molar-refractivity contribution in [1.29, 1.82) is 0 Å². The quantitative estimate of drug-likeness (QED) is 0.522. The van der Waals surface area contributed by atoms with E-state index in [1.165, 1.54) is 4.57 Å². The Morgan fingerprint density at radius 1 is 1.07 bits per heavy atom. The molecule has 1 atom stereocenters. The van der Waals surface area contributed by atoms with Gasteiger partial charge in [-0.3, -0.25) is 14.2 Å². The number of hydrogen-bond donors (Lipinski definition) is 1. The van der Waals surface area contributed by atoms with Crippen LogP contribution in [0.1, 0.15) is 38.8 Å². The number of nitrogens with one attached hydrogen (secondary N) is 1. The second kappa shape index (κ2) is 7.38. The van der Waals surface area contributed by atoms with E-state index in [9.17, 15) is 9.59 Å². The Morgan fingerprint density at radius 3 is 2.55 bits per heavy atom. The van der Waals surface area contributed by atoms with Crippen LogP contribution in [0.15, 0.2) is 62.6 Å². The lowest BCUT2D eigenvalue weighted by Crippen LogP contribution is -2.37. The van der Waals surface area contributed by atoms with Gasteiger partial charge in [0.15, 0.2) is 6.10 Å². The molecular formula is C21H20N4O4. The van der Waals surface area contributed by atoms with Crippen molar-refractivity contribution in [1.82, 2.24) is 19.7 Å². The molecule has 0 spiro atoms. The second-order valence-corrected chi connectivity index (χ2v) is 6.98. The molecule has 2 aromatic heterocycles. The molecule has 0 saturated carbocycles. The maximum atomic E-state index is 12.2. The highest BCUT2D eigenvalue weighted by molar-refractivity contribution is 5.80. The first-order valence-electron chi connectivity index (χ1n) is 9.28. The molecule has 4 aromatic rings. The zero-order valence-electron chi connectivity index (χ0n) is 16.2. The molecule has 8 heteroatoms. The summed E-state index contributed by atoms with van der Waals surface area (Å²) in [6, 6.07) is 14.5. The molecule has 0 bridgehead atoms.